The van der Waals surface area contributed by atoms with Gasteiger partial charge in [-0.3, -0.25) is 0 Å². The molecule has 7 heteroatoms. The van der Waals surface area contributed by atoms with Crippen molar-refractivity contribution in [2.45, 2.75) is 18.9 Å². The molecule has 0 N–H and O–H groups in total. The molecule has 3 rings (SSSR count). The second kappa shape index (κ2) is 4.48. The van der Waals surface area contributed by atoms with Gasteiger partial charge in [-0.15, -0.1) is 14.8 Å². The monoisotopic (exact) mass is 250 g/mol. The second-order valence-electron chi connectivity index (χ2n) is 4.16. The third-order valence-electron chi connectivity index (χ3n) is 3.09. The van der Waals surface area contributed by atoms with Gasteiger partial charge in [-0.25, -0.2) is 0 Å². The molecular formula is C10H14N6S. The summed E-state index contributed by atoms with van der Waals surface area (Å²) in [6.07, 6.45) is 4.63. The third kappa shape index (κ3) is 1.95. The van der Waals surface area contributed by atoms with Gasteiger partial charge in [0.1, 0.15) is 0 Å². The first-order valence-corrected chi connectivity index (χ1v) is 7.09. The molecule has 0 amide bonds. The molecule has 6 nitrogen and oxygen atoms in total. The van der Waals surface area contributed by atoms with Gasteiger partial charge in [0.05, 0.1) is 0 Å². The van der Waals surface area contributed by atoms with E-state index in [9.17, 15) is 0 Å². The Morgan fingerprint density at radius 3 is 3.29 bits per heavy atom. The number of rotatable bonds is 3. The third-order valence-corrected chi connectivity index (χ3v) is 3.80. The molecule has 0 saturated carbocycles. The Balaban J connectivity index is 1.91. The van der Waals surface area contributed by atoms with Crippen molar-refractivity contribution < 1.29 is 0 Å². The van der Waals surface area contributed by atoms with Gasteiger partial charge in [0.2, 0.25) is 0 Å². The van der Waals surface area contributed by atoms with E-state index >= 15 is 0 Å². The second-order valence-corrected chi connectivity index (χ2v) is 5.07. The number of nitrogens with zero attached hydrogens (tertiary/aromatic N) is 6. The summed E-state index contributed by atoms with van der Waals surface area (Å²) >= 11 is 1.89. The van der Waals surface area contributed by atoms with Crippen molar-refractivity contribution >= 4 is 23.2 Å². The zero-order valence-corrected chi connectivity index (χ0v) is 10.5. The number of tetrazole rings is 1. The molecule has 1 aliphatic heterocycles. The zero-order chi connectivity index (χ0) is 11.7. The Hall–Kier alpha value is -1.37. The van der Waals surface area contributed by atoms with Crippen LogP contribution in [0.15, 0.2) is 12.1 Å². The Morgan fingerprint density at radius 2 is 2.41 bits per heavy atom. The summed E-state index contributed by atoms with van der Waals surface area (Å²) in [7, 11) is 0. The van der Waals surface area contributed by atoms with Gasteiger partial charge in [-0.1, -0.05) is 0 Å². The topological polar surface area (TPSA) is 59.2 Å². The lowest BCUT2D eigenvalue weighted by atomic mass is 10.2. The Kier molecular flexibility index (Phi) is 2.84. The van der Waals surface area contributed by atoms with Gasteiger partial charge in [-0.2, -0.15) is 11.8 Å². The van der Waals surface area contributed by atoms with Crippen LogP contribution in [0.1, 0.15) is 12.8 Å². The average Bonchev–Trinajstić information content (AvgIpc) is 2.96. The summed E-state index contributed by atoms with van der Waals surface area (Å²) in [6, 6.07) is 4.51. The van der Waals surface area contributed by atoms with E-state index < -0.39 is 0 Å². The van der Waals surface area contributed by atoms with E-state index in [1.54, 1.807) is 0 Å². The van der Waals surface area contributed by atoms with Crippen LogP contribution in [0.3, 0.4) is 0 Å². The molecule has 0 bridgehead atoms. The Labute approximate surface area is 103 Å². The fourth-order valence-corrected chi connectivity index (χ4v) is 3.03. The zero-order valence-electron chi connectivity index (χ0n) is 9.65. The predicted octanol–water partition coefficient (Wildman–Crippen LogP) is 0.851. The van der Waals surface area contributed by atoms with E-state index in [4.69, 9.17) is 0 Å². The highest BCUT2D eigenvalue weighted by Crippen LogP contribution is 2.25. The predicted molar refractivity (Wildman–Crippen MR) is 67.3 cm³/mol. The van der Waals surface area contributed by atoms with Crippen molar-refractivity contribution in [2.24, 2.45) is 0 Å². The molecule has 0 aliphatic carbocycles. The van der Waals surface area contributed by atoms with Crippen LogP contribution < -0.4 is 4.90 Å². The molecular weight excluding hydrogens is 236 g/mol. The van der Waals surface area contributed by atoms with Crippen molar-refractivity contribution in [2.75, 3.05) is 23.5 Å². The highest BCUT2D eigenvalue weighted by atomic mass is 32.2. The number of hydrogen-bond donors (Lipinski definition) is 0. The molecule has 1 fully saturated rings. The van der Waals surface area contributed by atoms with E-state index in [-0.39, 0.29) is 0 Å². The lowest BCUT2D eigenvalue weighted by Gasteiger charge is -2.24. The average molecular weight is 250 g/mol. The number of anilines is 1. The molecule has 2 aromatic heterocycles. The van der Waals surface area contributed by atoms with Gasteiger partial charge >= 0.3 is 0 Å². The number of thioether (sulfide) groups is 1. The maximum absolute atomic E-state index is 4.45. The molecule has 90 valence electrons. The van der Waals surface area contributed by atoms with Crippen molar-refractivity contribution in [1.82, 2.24) is 25.3 Å². The molecule has 0 spiro atoms. The molecule has 0 aromatic carbocycles. The van der Waals surface area contributed by atoms with E-state index in [1.165, 1.54) is 17.5 Å². The van der Waals surface area contributed by atoms with Crippen LogP contribution in [0.5, 0.6) is 0 Å². The van der Waals surface area contributed by atoms with Crippen LogP contribution >= 0.6 is 11.8 Å². The van der Waals surface area contributed by atoms with Crippen molar-refractivity contribution in [3.63, 3.8) is 0 Å². The summed E-state index contributed by atoms with van der Waals surface area (Å²) in [4.78, 5) is 2.36. The lowest BCUT2D eigenvalue weighted by molar-refractivity contribution is 0.692. The minimum Gasteiger partial charge on any atom is -0.351 e. The molecule has 1 unspecified atom stereocenters. The molecule has 2 aromatic rings. The SMILES string of the molecule is CSCC1CCCN1c1ccc2nnnn2n1. The van der Waals surface area contributed by atoms with E-state index in [1.807, 2.05) is 23.9 Å². The van der Waals surface area contributed by atoms with Gasteiger partial charge in [0, 0.05) is 18.3 Å². The Morgan fingerprint density at radius 1 is 1.47 bits per heavy atom. The maximum atomic E-state index is 4.45. The van der Waals surface area contributed by atoms with Crippen LogP contribution in [0.4, 0.5) is 5.82 Å². The quantitative estimate of drug-likeness (QED) is 0.805. The van der Waals surface area contributed by atoms with Gasteiger partial charge in [-0.05, 0) is 41.7 Å². The number of aromatic nitrogens is 5. The standard InChI is InChI=1S/C10H14N6S/c1-17-7-8-3-2-6-15(8)10-5-4-9-11-13-14-16(9)12-10/h4-5,8H,2-3,6-7H2,1H3. The fourth-order valence-electron chi connectivity index (χ4n) is 2.30. The first-order valence-electron chi connectivity index (χ1n) is 5.69. The molecule has 17 heavy (non-hydrogen) atoms. The minimum absolute atomic E-state index is 0.589. The number of hydrogen-bond acceptors (Lipinski definition) is 6. The summed E-state index contributed by atoms with van der Waals surface area (Å²) in [5.74, 6) is 2.12. The maximum Gasteiger partial charge on any atom is 0.200 e. The molecule has 3 heterocycles. The normalized spacial score (nSPS) is 20.3. The molecule has 1 atom stereocenters. The van der Waals surface area contributed by atoms with Crippen molar-refractivity contribution in [3.05, 3.63) is 12.1 Å². The van der Waals surface area contributed by atoms with Gasteiger partial charge in [0.15, 0.2) is 11.5 Å². The van der Waals surface area contributed by atoms with E-state index in [2.05, 4.69) is 31.8 Å². The summed E-state index contributed by atoms with van der Waals surface area (Å²) in [5.41, 5.74) is 0.689. The van der Waals surface area contributed by atoms with Crippen molar-refractivity contribution in [1.29, 1.82) is 0 Å². The lowest BCUT2D eigenvalue weighted by Crippen LogP contribution is -2.32. The fraction of sp³-hybridized carbons (Fsp3) is 0.600. The highest BCUT2D eigenvalue weighted by molar-refractivity contribution is 7.98. The first-order chi connectivity index (χ1) is 8.38. The molecule has 1 aliphatic rings. The molecule has 1 saturated heterocycles. The first kappa shape index (κ1) is 10.8. The summed E-state index contributed by atoms with van der Waals surface area (Å²) in [6.45, 7) is 1.08. The highest BCUT2D eigenvalue weighted by Gasteiger charge is 2.25. The summed E-state index contributed by atoms with van der Waals surface area (Å²) in [5, 5.41) is 15.7. The van der Waals surface area contributed by atoms with Crippen LogP contribution in [-0.2, 0) is 0 Å². The van der Waals surface area contributed by atoms with Crippen LogP contribution in [0.25, 0.3) is 5.65 Å². The molecule has 0 radical (unpaired) electrons. The van der Waals surface area contributed by atoms with Crippen LogP contribution in [-0.4, -0.2) is 49.8 Å². The smallest absolute Gasteiger partial charge is 0.200 e. The van der Waals surface area contributed by atoms with Crippen molar-refractivity contribution in [3.8, 4) is 0 Å². The summed E-state index contributed by atoms with van der Waals surface area (Å²) < 4.78 is 1.49. The Bertz CT molecular complexity index is 512. The van der Waals surface area contributed by atoms with Crippen LogP contribution in [0.2, 0.25) is 0 Å². The number of fused-ring (bicyclic) bond motifs is 1. The largest absolute Gasteiger partial charge is 0.351 e. The van der Waals surface area contributed by atoms with Crippen LogP contribution in [0, 0.1) is 0 Å². The van der Waals surface area contributed by atoms with Gasteiger partial charge < -0.3 is 4.90 Å². The minimum atomic E-state index is 0.589. The van der Waals surface area contributed by atoms with E-state index in [0.29, 0.717) is 11.7 Å². The van der Waals surface area contributed by atoms with Gasteiger partial charge in [0.25, 0.3) is 0 Å². The van der Waals surface area contributed by atoms with E-state index in [0.717, 1.165) is 18.1 Å².